The average Bonchev–Trinajstić information content (AvgIpc) is 2.47. The highest BCUT2D eigenvalue weighted by molar-refractivity contribution is 5.79. The molecular formula is C15H25NO4. The highest BCUT2D eigenvalue weighted by Crippen LogP contribution is 2.27. The number of piperidine rings is 1. The van der Waals surface area contributed by atoms with Gasteiger partial charge < -0.3 is 14.7 Å². The van der Waals surface area contributed by atoms with Gasteiger partial charge in [0.2, 0.25) is 5.91 Å². The van der Waals surface area contributed by atoms with Crippen LogP contribution >= 0.6 is 0 Å². The van der Waals surface area contributed by atoms with Crippen LogP contribution in [0.1, 0.15) is 39.0 Å². The Labute approximate surface area is 120 Å². The molecule has 0 bridgehead atoms. The minimum absolute atomic E-state index is 0.0647. The van der Waals surface area contributed by atoms with Crippen LogP contribution in [0.3, 0.4) is 0 Å². The Balaban J connectivity index is 1.80. The number of ether oxygens (including phenoxy) is 1. The van der Waals surface area contributed by atoms with E-state index in [-0.39, 0.29) is 24.2 Å². The second-order valence-corrected chi connectivity index (χ2v) is 6.11. The van der Waals surface area contributed by atoms with Crippen molar-refractivity contribution >= 4 is 11.9 Å². The van der Waals surface area contributed by atoms with Gasteiger partial charge in [0.1, 0.15) is 0 Å². The normalized spacial score (nSPS) is 23.6. The number of hydrogen-bond donors (Lipinski definition) is 1. The first-order chi connectivity index (χ1) is 9.58. The van der Waals surface area contributed by atoms with Gasteiger partial charge in [-0.2, -0.15) is 0 Å². The van der Waals surface area contributed by atoms with Crippen LogP contribution in [0.15, 0.2) is 0 Å². The lowest BCUT2D eigenvalue weighted by Gasteiger charge is -2.35. The quantitative estimate of drug-likeness (QED) is 0.853. The first-order valence-corrected chi connectivity index (χ1v) is 7.66. The summed E-state index contributed by atoms with van der Waals surface area (Å²) in [6.07, 6.45) is 3.82. The maximum atomic E-state index is 12.5. The highest BCUT2D eigenvalue weighted by atomic mass is 16.5. The van der Waals surface area contributed by atoms with Gasteiger partial charge in [-0.1, -0.05) is 6.92 Å². The summed E-state index contributed by atoms with van der Waals surface area (Å²) in [5.41, 5.74) is 0. The summed E-state index contributed by atoms with van der Waals surface area (Å²) in [5.74, 6) is 0.244. The van der Waals surface area contributed by atoms with Crippen molar-refractivity contribution in [3.05, 3.63) is 0 Å². The van der Waals surface area contributed by atoms with E-state index in [9.17, 15) is 9.59 Å². The van der Waals surface area contributed by atoms with Crippen LogP contribution in [0.5, 0.6) is 0 Å². The van der Waals surface area contributed by atoms with Crippen molar-refractivity contribution in [1.29, 1.82) is 0 Å². The van der Waals surface area contributed by atoms with Gasteiger partial charge in [-0.15, -0.1) is 0 Å². The smallest absolute Gasteiger partial charge is 0.303 e. The molecule has 2 heterocycles. The summed E-state index contributed by atoms with van der Waals surface area (Å²) >= 11 is 0. The Morgan fingerprint density at radius 2 is 1.80 bits per heavy atom. The average molecular weight is 283 g/mol. The third kappa shape index (κ3) is 3.95. The molecule has 0 aromatic rings. The van der Waals surface area contributed by atoms with E-state index in [1.165, 1.54) is 0 Å². The summed E-state index contributed by atoms with van der Waals surface area (Å²) in [7, 11) is 0. The predicted octanol–water partition coefficient (Wildman–Crippen LogP) is 1.76. The predicted molar refractivity (Wildman–Crippen MR) is 74.3 cm³/mol. The minimum Gasteiger partial charge on any atom is -0.481 e. The largest absolute Gasteiger partial charge is 0.481 e. The molecule has 114 valence electrons. The van der Waals surface area contributed by atoms with E-state index < -0.39 is 5.97 Å². The molecular weight excluding hydrogens is 258 g/mol. The number of aliphatic carboxylic acids is 1. The molecule has 1 N–H and O–H groups in total. The van der Waals surface area contributed by atoms with Gasteiger partial charge in [-0.05, 0) is 37.5 Å². The molecule has 0 radical (unpaired) electrons. The number of amides is 1. The fourth-order valence-electron chi connectivity index (χ4n) is 3.31. The van der Waals surface area contributed by atoms with E-state index in [2.05, 4.69) is 0 Å². The van der Waals surface area contributed by atoms with Gasteiger partial charge >= 0.3 is 5.97 Å². The van der Waals surface area contributed by atoms with E-state index in [0.717, 1.165) is 38.9 Å². The summed E-state index contributed by atoms with van der Waals surface area (Å²) in [4.78, 5) is 25.1. The van der Waals surface area contributed by atoms with E-state index >= 15 is 0 Å². The monoisotopic (exact) mass is 283 g/mol. The van der Waals surface area contributed by atoms with Crippen molar-refractivity contribution in [3.8, 4) is 0 Å². The van der Waals surface area contributed by atoms with E-state index in [1.54, 1.807) is 0 Å². The number of carbonyl (C=O) groups excluding carboxylic acids is 1. The zero-order chi connectivity index (χ0) is 14.5. The zero-order valence-corrected chi connectivity index (χ0v) is 12.2. The molecule has 0 aliphatic carbocycles. The van der Waals surface area contributed by atoms with E-state index in [0.29, 0.717) is 19.0 Å². The van der Waals surface area contributed by atoms with E-state index in [4.69, 9.17) is 9.84 Å². The fourth-order valence-corrected chi connectivity index (χ4v) is 3.31. The Hall–Kier alpha value is -1.10. The Kier molecular flexibility index (Phi) is 5.40. The lowest BCUT2D eigenvalue weighted by atomic mass is 9.85. The van der Waals surface area contributed by atoms with Gasteiger partial charge in [0.15, 0.2) is 0 Å². The maximum Gasteiger partial charge on any atom is 0.303 e. The summed E-state index contributed by atoms with van der Waals surface area (Å²) < 4.78 is 5.35. The molecule has 20 heavy (non-hydrogen) atoms. The van der Waals surface area contributed by atoms with Crippen LogP contribution in [-0.2, 0) is 14.3 Å². The first-order valence-electron chi connectivity index (χ1n) is 7.66. The van der Waals surface area contributed by atoms with Crippen molar-refractivity contribution in [2.45, 2.75) is 39.0 Å². The van der Waals surface area contributed by atoms with Gasteiger partial charge in [0, 0.05) is 38.6 Å². The first kappa shape index (κ1) is 15.3. The summed E-state index contributed by atoms with van der Waals surface area (Å²) in [6.45, 7) is 4.99. The molecule has 2 rings (SSSR count). The Bertz CT molecular complexity index is 344. The van der Waals surface area contributed by atoms with Gasteiger partial charge in [-0.3, -0.25) is 9.59 Å². The van der Waals surface area contributed by atoms with Crippen LogP contribution in [-0.4, -0.2) is 48.2 Å². The third-order valence-corrected chi connectivity index (χ3v) is 4.75. The lowest BCUT2D eigenvalue weighted by molar-refractivity contribution is -0.140. The topological polar surface area (TPSA) is 66.8 Å². The molecule has 1 atom stereocenters. The van der Waals surface area contributed by atoms with Crippen molar-refractivity contribution in [2.75, 3.05) is 26.3 Å². The molecule has 0 aromatic carbocycles. The molecule has 1 amide bonds. The molecule has 0 spiro atoms. The Morgan fingerprint density at radius 3 is 2.35 bits per heavy atom. The Morgan fingerprint density at radius 1 is 1.20 bits per heavy atom. The molecule has 0 aromatic heterocycles. The molecule has 2 fully saturated rings. The number of likely N-dealkylation sites (tertiary alicyclic amines) is 1. The summed E-state index contributed by atoms with van der Waals surface area (Å²) in [6, 6.07) is 0. The maximum absolute atomic E-state index is 12.5. The molecule has 2 saturated heterocycles. The van der Waals surface area contributed by atoms with E-state index in [1.807, 2.05) is 11.8 Å². The number of rotatable bonds is 4. The molecule has 2 aliphatic rings. The third-order valence-electron chi connectivity index (χ3n) is 4.75. The fraction of sp³-hybridized carbons (Fsp3) is 0.867. The van der Waals surface area contributed by atoms with Crippen LogP contribution < -0.4 is 0 Å². The van der Waals surface area contributed by atoms with Crippen LogP contribution in [0.4, 0.5) is 0 Å². The molecule has 0 saturated carbocycles. The standard InChI is InChI=1S/C15H25NO4/c1-11(13-4-8-20-9-5-13)15(19)16-6-2-12(3-7-16)10-14(17)18/h11-13H,2-10H2,1H3,(H,17,18). The second-order valence-electron chi connectivity index (χ2n) is 6.11. The zero-order valence-electron chi connectivity index (χ0n) is 12.2. The highest BCUT2D eigenvalue weighted by Gasteiger charge is 2.31. The van der Waals surface area contributed by atoms with Crippen molar-refractivity contribution in [3.63, 3.8) is 0 Å². The van der Waals surface area contributed by atoms with Gasteiger partial charge in [-0.25, -0.2) is 0 Å². The summed E-state index contributed by atoms with van der Waals surface area (Å²) in [5, 5.41) is 8.81. The second kappa shape index (κ2) is 7.07. The van der Waals surface area contributed by atoms with Crippen molar-refractivity contribution in [2.24, 2.45) is 17.8 Å². The number of nitrogens with zero attached hydrogens (tertiary/aromatic N) is 1. The van der Waals surface area contributed by atoms with Gasteiger partial charge in [0.05, 0.1) is 0 Å². The lowest BCUT2D eigenvalue weighted by Crippen LogP contribution is -2.43. The number of hydrogen-bond acceptors (Lipinski definition) is 3. The molecule has 5 heteroatoms. The molecule has 5 nitrogen and oxygen atoms in total. The van der Waals surface area contributed by atoms with Gasteiger partial charge in [0.25, 0.3) is 0 Å². The van der Waals surface area contributed by atoms with Crippen LogP contribution in [0, 0.1) is 17.8 Å². The number of carboxylic acids is 1. The molecule has 2 aliphatic heterocycles. The van der Waals surface area contributed by atoms with Crippen molar-refractivity contribution < 1.29 is 19.4 Å². The number of carboxylic acid groups (broad SMARTS) is 1. The van der Waals surface area contributed by atoms with Crippen LogP contribution in [0.2, 0.25) is 0 Å². The van der Waals surface area contributed by atoms with Crippen LogP contribution in [0.25, 0.3) is 0 Å². The van der Waals surface area contributed by atoms with Crippen molar-refractivity contribution in [1.82, 2.24) is 4.90 Å². The SMILES string of the molecule is CC(C(=O)N1CCC(CC(=O)O)CC1)C1CCOCC1. The number of carbonyl (C=O) groups is 2. The molecule has 1 unspecified atom stereocenters. The minimum atomic E-state index is -0.731.